The summed E-state index contributed by atoms with van der Waals surface area (Å²) in [5.41, 5.74) is 4.54. The molecule has 0 atom stereocenters. The highest BCUT2D eigenvalue weighted by atomic mass is 35.5. The van der Waals surface area contributed by atoms with Crippen LogP contribution >= 0.6 is 23.2 Å². The van der Waals surface area contributed by atoms with Gasteiger partial charge in [0, 0.05) is 17.1 Å². The van der Waals surface area contributed by atoms with E-state index < -0.39 is 11.8 Å². The third-order valence-electron chi connectivity index (χ3n) is 4.18. The monoisotopic (exact) mass is 455 g/mol. The van der Waals surface area contributed by atoms with E-state index in [2.05, 4.69) is 15.8 Å². The van der Waals surface area contributed by atoms with Crippen LogP contribution in [0.5, 0.6) is 5.75 Å². The molecule has 31 heavy (non-hydrogen) atoms. The lowest BCUT2D eigenvalue weighted by molar-refractivity contribution is -0.139. The lowest BCUT2D eigenvalue weighted by atomic mass is 10.2. The molecular weight excluding hydrogens is 437 g/mol. The summed E-state index contributed by atoms with van der Waals surface area (Å²) >= 11 is 12.4. The Kier molecular flexibility index (Phi) is 8.04. The molecule has 2 amide bonds. The summed E-state index contributed by atoms with van der Waals surface area (Å²) in [4.78, 5) is 23.7. The Morgan fingerprint density at radius 3 is 2.39 bits per heavy atom. The summed E-state index contributed by atoms with van der Waals surface area (Å²) in [5, 5.41) is 7.31. The van der Waals surface area contributed by atoms with Crippen LogP contribution in [0.15, 0.2) is 77.9 Å². The summed E-state index contributed by atoms with van der Waals surface area (Å²) in [6, 6.07) is 21.7. The second-order valence-corrected chi connectivity index (χ2v) is 7.25. The molecule has 3 rings (SSSR count). The molecule has 0 saturated heterocycles. The SMILES string of the molecule is O=C(NCc1ccccc1)C(=O)N/N=C\c1ccc(OCc2ccccc2Cl)c(Cl)c1. The molecule has 158 valence electrons. The van der Waals surface area contributed by atoms with Crippen LogP contribution in [-0.2, 0) is 22.7 Å². The van der Waals surface area contributed by atoms with Gasteiger partial charge in [0.2, 0.25) is 0 Å². The van der Waals surface area contributed by atoms with E-state index in [0.29, 0.717) is 21.4 Å². The molecule has 2 N–H and O–H groups in total. The van der Waals surface area contributed by atoms with Crippen molar-refractivity contribution in [3.8, 4) is 5.75 Å². The van der Waals surface area contributed by atoms with Gasteiger partial charge >= 0.3 is 11.8 Å². The predicted octanol–water partition coefficient (Wildman–Crippen LogP) is 4.34. The topological polar surface area (TPSA) is 79.8 Å². The van der Waals surface area contributed by atoms with Gasteiger partial charge in [-0.25, -0.2) is 5.43 Å². The van der Waals surface area contributed by atoms with Crippen molar-refractivity contribution in [3.63, 3.8) is 0 Å². The molecule has 0 spiro atoms. The number of hydrazone groups is 1. The summed E-state index contributed by atoms with van der Waals surface area (Å²) in [6.45, 7) is 0.531. The maximum atomic E-state index is 11.8. The number of carbonyl (C=O) groups excluding carboxylic acids is 2. The fraction of sp³-hybridized carbons (Fsp3) is 0.0870. The highest BCUT2D eigenvalue weighted by Crippen LogP contribution is 2.26. The predicted molar refractivity (Wildman–Crippen MR) is 121 cm³/mol. The molecular formula is C23H19Cl2N3O3. The zero-order chi connectivity index (χ0) is 22.1. The summed E-state index contributed by atoms with van der Waals surface area (Å²) in [7, 11) is 0. The van der Waals surface area contributed by atoms with Gasteiger partial charge in [-0.05, 0) is 35.4 Å². The van der Waals surface area contributed by atoms with E-state index in [-0.39, 0.29) is 13.2 Å². The second-order valence-electron chi connectivity index (χ2n) is 6.44. The van der Waals surface area contributed by atoms with Gasteiger partial charge in [0.05, 0.1) is 11.2 Å². The summed E-state index contributed by atoms with van der Waals surface area (Å²) < 4.78 is 5.71. The van der Waals surface area contributed by atoms with E-state index in [4.69, 9.17) is 27.9 Å². The van der Waals surface area contributed by atoms with Gasteiger partial charge in [-0.2, -0.15) is 5.10 Å². The average Bonchev–Trinajstić information content (AvgIpc) is 2.78. The van der Waals surface area contributed by atoms with Crippen LogP contribution in [0, 0.1) is 0 Å². The smallest absolute Gasteiger partial charge is 0.329 e. The third-order valence-corrected chi connectivity index (χ3v) is 4.84. The Balaban J connectivity index is 1.49. The Morgan fingerprint density at radius 2 is 1.65 bits per heavy atom. The first-order chi connectivity index (χ1) is 15.0. The molecule has 3 aromatic rings. The molecule has 0 aliphatic heterocycles. The van der Waals surface area contributed by atoms with Crippen LogP contribution in [0.25, 0.3) is 0 Å². The number of carbonyl (C=O) groups is 2. The number of amides is 2. The van der Waals surface area contributed by atoms with E-state index in [0.717, 1.165) is 11.1 Å². The maximum Gasteiger partial charge on any atom is 0.329 e. The largest absolute Gasteiger partial charge is 0.487 e. The molecule has 0 fully saturated rings. The first-order valence-electron chi connectivity index (χ1n) is 9.34. The summed E-state index contributed by atoms with van der Waals surface area (Å²) in [6.07, 6.45) is 1.38. The molecule has 0 aliphatic carbocycles. The summed E-state index contributed by atoms with van der Waals surface area (Å²) in [5.74, 6) is -1.15. The van der Waals surface area contributed by atoms with Gasteiger partial charge in [-0.1, -0.05) is 71.7 Å². The van der Waals surface area contributed by atoms with Crippen molar-refractivity contribution in [2.24, 2.45) is 5.10 Å². The van der Waals surface area contributed by atoms with Gasteiger partial charge in [0.15, 0.2) is 0 Å². The molecule has 0 aliphatic rings. The number of ether oxygens (including phenoxy) is 1. The first kappa shape index (κ1) is 22.3. The number of hydrogen-bond donors (Lipinski definition) is 2. The molecule has 0 heterocycles. The van der Waals surface area contributed by atoms with E-state index in [1.54, 1.807) is 24.3 Å². The van der Waals surface area contributed by atoms with Crippen LogP contribution in [0.3, 0.4) is 0 Å². The van der Waals surface area contributed by atoms with Crippen molar-refractivity contribution in [1.29, 1.82) is 0 Å². The standard InChI is InChI=1S/C23H19Cl2N3O3/c24-19-9-5-4-8-18(19)15-31-21-11-10-17(12-20(21)25)14-27-28-23(30)22(29)26-13-16-6-2-1-3-7-16/h1-12,14H,13,15H2,(H,26,29)(H,28,30)/b27-14-. The minimum absolute atomic E-state index is 0.252. The third kappa shape index (κ3) is 6.84. The molecule has 0 unspecified atom stereocenters. The van der Waals surface area contributed by atoms with Crippen molar-refractivity contribution in [1.82, 2.24) is 10.7 Å². The van der Waals surface area contributed by atoms with Crippen LogP contribution in [0.1, 0.15) is 16.7 Å². The van der Waals surface area contributed by atoms with Crippen molar-refractivity contribution in [2.75, 3.05) is 0 Å². The van der Waals surface area contributed by atoms with Gasteiger partial charge in [-0.15, -0.1) is 0 Å². The van der Waals surface area contributed by atoms with Crippen LogP contribution < -0.4 is 15.5 Å². The number of hydrogen-bond acceptors (Lipinski definition) is 4. The van der Waals surface area contributed by atoms with Crippen molar-refractivity contribution >= 4 is 41.2 Å². The Morgan fingerprint density at radius 1 is 0.903 bits per heavy atom. The van der Waals surface area contributed by atoms with Crippen LogP contribution in [0.4, 0.5) is 0 Å². The van der Waals surface area contributed by atoms with E-state index >= 15 is 0 Å². The molecule has 0 saturated carbocycles. The number of benzene rings is 3. The Bertz CT molecular complexity index is 1090. The van der Waals surface area contributed by atoms with Crippen molar-refractivity contribution in [2.45, 2.75) is 13.2 Å². The van der Waals surface area contributed by atoms with Crippen molar-refractivity contribution < 1.29 is 14.3 Å². The Hall–Kier alpha value is -3.35. The second kappa shape index (κ2) is 11.2. The molecule has 6 nitrogen and oxygen atoms in total. The fourth-order valence-electron chi connectivity index (χ4n) is 2.56. The highest BCUT2D eigenvalue weighted by Gasteiger charge is 2.12. The van der Waals surface area contributed by atoms with E-state index in [9.17, 15) is 9.59 Å². The van der Waals surface area contributed by atoms with Crippen LogP contribution in [0.2, 0.25) is 10.0 Å². The average molecular weight is 456 g/mol. The molecule has 0 aromatic heterocycles. The number of rotatable bonds is 7. The fourth-order valence-corrected chi connectivity index (χ4v) is 2.99. The quantitative estimate of drug-likeness (QED) is 0.316. The van der Waals surface area contributed by atoms with E-state index in [1.165, 1.54) is 6.21 Å². The lowest BCUT2D eigenvalue weighted by Gasteiger charge is -2.09. The molecule has 3 aromatic carbocycles. The van der Waals surface area contributed by atoms with Gasteiger partial charge in [0.1, 0.15) is 12.4 Å². The molecule has 0 radical (unpaired) electrons. The van der Waals surface area contributed by atoms with Gasteiger partial charge < -0.3 is 10.1 Å². The maximum absolute atomic E-state index is 11.8. The normalized spacial score (nSPS) is 10.6. The van der Waals surface area contributed by atoms with Gasteiger partial charge in [-0.3, -0.25) is 9.59 Å². The minimum atomic E-state index is -0.863. The minimum Gasteiger partial charge on any atom is -0.487 e. The lowest BCUT2D eigenvalue weighted by Crippen LogP contribution is -2.37. The van der Waals surface area contributed by atoms with Gasteiger partial charge in [0.25, 0.3) is 0 Å². The van der Waals surface area contributed by atoms with E-state index in [1.807, 2.05) is 48.5 Å². The zero-order valence-electron chi connectivity index (χ0n) is 16.3. The number of nitrogens with zero attached hydrogens (tertiary/aromatic N) is 1. The van der Waals surface area contributed by atoms with Crippen LogP contribution in [-0.4, -0.2) is 18.0 Å². The Labute approximate surface area is 189 Å². The molecule has 0 bridgehead atoms. The highest BCUT2D eigenvalue weighted by molar-refractivity contribution is 6.35. The molecule has 8 heteroatoms. The number of halogens is 2. The zero-order valence-corrected chi connectivity index (χ0v) is 17.9. The first-order valence-corrected chi connectivity index (χ1v) is 10.1. The van der Waals surface area contributed by atoms with Crippen molar-refractivity contribution in [3.05, 3.63) is 99.5 Å². The number of nitrogens with one attached hydrogen (secondary N) is 2.